The second kappa shape index (κ2) is 6.91. The number of carbonyl (C=O) groups excluding carboxylic acids is 2. The van der Waals surface area contributed by atoms with Gasteiger partial charge in [-0.05, 0) is 12.1 Å². The molecule has 1 aromatic rings. The van der Waals surface area contributed by atoms with E-state index in [4.69, 9.17) is 4.74 Å². The van der Waals surface area contributed by atoms with Gasteiger partial charge >= 0.3 is 0 Å². The van der Waals surface area contributed by atoms with E-state index in [1.807, 2.05) is 30.3 Å². The summed E-state index contributed by atoms with van der Waals surface area (Å²) in [7, 11) is 1.73. The molecular weight excluding hydrogens is 258 g/mol. The molecule has 108 valence electrons. The van der Waals surface area contributed by atoms with Crippen molar-refractivity contribution in [3.8, 4) is 5.75 Å². The first kappa shape index (κ1) is 14.3. The van der Waals surface area contributed by atoms with E-state index < -0.39 is 0 Å². The molecule has 0 bridgehead atoms. The summed E-state index contributed by atoms with van der Waals surface area (Å²) in [5.41, 5.74) is 0. The van der Waals surface area contributed by atoms with Gasteiger partial charge in [0.15, 0.2) is 0 Å². The Hall–Kier alpha value is -2.08. The van der Waals surface area contributed by atoms with Gasteiger partial charge in [0.1, 0.15) is 18.4 Å². The summed E-state index contributed by atoms with van der Waals surface area (Å²) in [4.78, 5) is 24.7. The first-order valence-electron chi connectivity index (χ1n) is 6.60. The number of likely N-dealkylation sites (N-methyl/N-ethyl adjacent to an activating group) is 1. The third-order valence-corrected chi connectivity index (χ3v) is 3.13. The molecule has 0 radical (unpaired) electrons. The molecule has 1 aromatic carbocycles. The summed E-state index contributed by atoms with van der Waals surface area (Å²) in [6, 6.07) is 9.12. The number of amides is 2. The zero-order valence-corrected chi connectivity index (χ0v) is 11.5. The minimum absolute atomic E-state index is 0.0401. The summed E-state index contributed by atoms with van der Waals surface area (Å²) in [6.45, 7) is 1.46. The van der Waals surface area contributed by atoms with Gasteiger partial charge in [-0.1, -0.05) is 18.2 Å². The molecule has 1 fully saturated rings. The maximum absolute atomic E-state index is 12.1. The van der Waals surface area contributed by atoms with Crippen molar-refractivity contribution in [1.82, 2.24) is 15.5 Å². The molecule has 1 aliphatic heterocycles. The van der Waals surface area contributed by atoms with E-state index in [0.29, 0.717) is 19.7 Å². The van der Waals surface area contributed by atoms with Crippen molar-refractivity contribution in [3.63, 3.8) is 0 Å². The van der Waals surface area contributed by atoms with Crippen LogP contribution in [0.5, 0.6) is 5.75 Å². The van der Waals surface area contributed by atoms with E-state index in [2.05, 4.69) is 10.6 Å². The summed E-state index contributed by atoms with van der Waals surface area (Å²) < 4.78 is 5.55. The smallest absolute Gasteiger partial charge is 0.241 e. The predicted molar refractivity (Wildman–Crippen MR) is 74.4 cm³/mol. The van der Waals surface area contributed by atoms with E-state index in [1.54, 1.807) is 11.9 Å². The van der Waals surface area contributed by atoms with Gasteiger partial charge in [0.2, 0.25) is 11.8 Å². The molecule has 1 saturated heterocycles. The van der Waals surface area contributed by atoms with Crippen LogP contribution in [0.1, 0.15) is 0 Å². The minimum atomic E-state index is -0.352. The van der Waals surface area contributed by atoms with Crippen molar-refractivity contribution >= 4 is 11.8 Å². The van der Waals surface area contributed by atoms with Crippen LogP contribution in [0.4, 0.5) is 0 Å². The number of hydrogen-bond donors (Lipinski definition) is 2. The van der Waals surface area contributed by atoms with Crippen LogP contribution in [0.2, 0.25) is 0 Å². The fraction of sp³-hybridized carbons (Fsp3) is 0.429. The molecule has 2 rings (SSSR count). The number of piperazine rings is 1. The van der Waals surface area contributed by atoms with Gasteiger partial charge in [-0.25, -0.2) is 0 Å². The molecule has 2 N–H and O–H groups in total. The Morgan fingerprint density at radius 1 is 1.40 bits per heavy atom. The van der Waals surface area contributed by atoms with Crippen molar-refractivity contribution in [2.24, 2.45) is 0 Å². The average molecular weight is 277 g/mol. The lowest BCUT2D eigenvalue weighted by Crippen LogP contribution is -2.58. The standard InChI is InChI=1S/C14H19N3O3/c1-17(7-8-20-11-5-3-2-4-6-11)14(19)12-9-16-13(18)10-15-12/h2-6,12,15H,7-10H2,1H3,(H,16,18). The molecule has 1 aliphatic rings. The maximum Gasteiger partial charge on any atom is 0.241 e. The molecule has 0 aromatic heterocycles. The van der Waals surface area contributed by atoms with Crippen molar-refractivity contribution in [1.29, 1.82) is 0 Å². The third-order valence-electron chi connectivity index (χ3n) is 3.13. The summed E-state index contributed by atoms with van der Waals surface area (Å²) in [5.74, 6) is 0.669. The lowest BCUT2D eigenvalue weighted by Gasteiger charge is -2.27. The molecule has 20 heavy (non-hydrogen) atoms. The predicted octanol–water partition coefficient (Wildman–Crippen LogP) is -0.388. The zero-order valence-electron chi connectivity index (χ0n) is 11.5. The monoisotopic (exact) mass is 277 g/mol. The van der Waals surface area contributed by atoms with Gasteiger partial charge in [0, 0.05) is 13.6 Å². The Morgan fingerprint density at radius 3 is 2.80 bits per heavy atom. The van der Waals surface area contributed by atoms with Crippen LogP contribution >= 0.6 is 0 Å². The highest BCUT2D eigenvalue weighted by molar-refractivity contribution is 5.86. The van der Waals surface area contributed by atoms with Crippen LogP contribution in [-0.2, 0) is 9.59 Å². The van der Waals surface area contributed by atoms with Crippen LogP contribution in [-0.4, -0.2) is 56.0 Å². The van der Waals surface area contributed by atoms with E-state index in [9.17, 15) is 9.59 Å². The molecule has 6 heteroatoms. The number of nitrogens with zero attached hydrogens (tertiary/aromatic N) is 1. The van der Waals surface area contributed by atoms with Crippen molar-refractivity contribution in [2.45, 2.75) is 6.04 Å². The van der Waals surface area contributed by atoms with E-state index in [1.165, 1.54) is 0 Å². The van der Waals surface area contributed by atoms with Crippen molar-refractivity contribution < 1.29 is 14.3 Å². The number of para-hydroxylation sites is 1. The average Bonchev–Trinajstić information content (AvgIpc) is 2.48. The lowest BCUT2D eigenvalue weighted by molar-refractivity contribution is -0.134. The number of rotatable bonds is 5. The lowest BCUT2D eigenvalue weighted by atomic mass is 10.2. The Kier molecular flexibility index (Phi) is 4.95. The van der Waals surface area contributed by atoms with Gasteiger partial charge in [-0.2, -0.15) is 0 Å². The summed E-state index contributed by atoms with van der Waals surface area (Å²) in [5, 5.41) is 5.58. The van der Waals surface area contributed by atoms with Crippen LogP contribution < -0.4 is 15.4 Å². The fourth-order valence-corrected chi connectivity index (χ4v) is 1.93. The quantitative estimate of drug-likeness (QED) is 0.769. The summed E-state index contributed by atoms with van der Waals surface area (Å²) in [6.07, 6.45) is 0. The number of ether oxygens (including phenoxy) is 1. The van der Waals surface area contributed by atoms with Crippen molar-refractivity contribution in [2.75, 3.05) is 33.3 Å². The first-order valence-corrected chi connectivity index (χ1v) is 6.60. The van der Waals surface area contributed by atoms with Gasteiger partial charge in [-0.15, -0.1) is 0 Å². The molecule has 0 saturated carbocycles. The zero-order chi connectivity index (χ0) is 14.4. The topological polar surface area (TPSA) is 70.7 Å². The van der Waals surface area contributed by atoms with Crippen LogP contribution in [0.25, 0.3) is 0 Å². The van der Waals surface area contributed by atoms with Crippen LogP contribution in [0.15, 0.2) is 30.3 Å². The maximum atomic E-state index is 12.1. The van der Waals surface area contributed by atoms with Gasteiger partial charge in [-0.3, -0.25) is 14.9 Å². The Labute approximate surface area is 118 Å². The molecular formula is C14H19N3O3. The second-order valence-corrected chi connectivity index (χ2v) is 4.66. The number of benzene rings is 1. The van der Waals surface area contributed by atoms with Gasteiger partial charge < -0.3 is 15.0 Å². The molecule has 1 unspecified atom stereocenters. The fourth-order valence-electron chi connectivity index (χ4n) is 1.93. The first-order chi connectivity index (χ1) is 9.66. The Balaban J connectivity index is 1.72. The summed E-state index contributed by atoms with van der Waals surface area (Å²) >= 11 is 0. The molecule has 0 spiro atoms. The number of hydrogen-bond acceptors (Lipinski definition) is 4. The van der Waals surface area contributed by atoms with Crippen LogP contribution in [0.3, 0.4) is 0 Å². The normalized spacial score (nSPS) is 18.2. The minimum Gasteiger partial charge on any atom is -0.492 e. The van der Waals surface area contributed by atoms with E-state index >= 15 is 0 Å². The van der Waals surface area contributed by atoms with Crippen LogP contribution in [0, 0.1) is 0 Å². The van der Waals surface area contributed by atoms with E-state index in [0.717, 1.165) is 5.75 Å². The molecule has 1 heterocycles. The third kappa shape index (κ3) is 3.96. The van der Waals surface area contributed by atoms with Gasteiger partial charge in [0.25, 0.3) is 0 Å². The van der Waals surface area contributed by atoms with Gasteiger partial charge in [0.05, 0.1) is 13.1 Å². The Bertz CT molecular complexity index is 454. The highest BCUT2D eigenvalue weighted by atomic mass is 16.5. The molecule has 0 aliphatic carbocycles. The Morgan fingerprint density at radius 2 is 2.15 bits per heavy atom. The second-order valence-electron chi connectivity index (χ2n) is 4.66. The SMILES string of the molecule is CN(CCOc1ccccc1)C(=O)C1CNC(=O)CN1. The van der Waals surface area contributed by atoms with Crippen molar-refractivity contribution in [3.05, 3.63) is 30.3 Å². The van der Waals surface area contributed by atoms with E-state index in [-0.39, 0.29) is 24.4 Å². The number of carbonyl (C=O) groups is 2. The highest BCUT2D eigenvalue weighted by Gasteiger charge is 2.25. The largest absolute Gasteiger partial charge is 0.492 e. The number of nitrogens with one attached hydrogen (secondary N) is 2. The molecule has 1 atom stereocenters. The molecule has 2 amide bonds. The molecule has 6 nitrogen and oxygen atoms in total. The highest BCUT2D eigenvalue weighted by Crippen LogP contribution is 2.08.